The fourth-order valence-corrected chi connectivity index (χ4v) is 3.32. The number of hydrogen-bond acceptors (Lipinski definition) is 2. The van der Waals surface area contributed by atoms with Gasteiger partial charge in [-0.15, -0.1) is 11.6 Å². The fourth-order valence-electron chi connectivity index (χ4n) is 1.44. The van der Waals surface area contributed by atoms with E-state index in [1.807, 2.05) is 13.8 Å². The van der Waals surface area contributed by atoms with Crippen LogP contribution in [0.25, 0.3) is 0 Å². The molecule has 0 aromatic rings. The van der Waals surface area contributed by atoms with E-state index in [4.69, 9.17) is 11.6 Å². The van der Waals surface area contributed by atoms with Crippen molar-refractivity contribution < 1.29 is 8.42 Å². The molecule has 78 valence electrons. The second kappa shape index (κ2) is 3.75. The Balaban J connectivity index is 2.55. The van der Waals surface area contributed by atoms with Gasteiger partial charge < -0.3 is 0 Å². The molecule has 0 aliphatic heterocycles. The summed E-state index contributed by atoms with van der Waals surface area (Å²) >= 11 is 5.39. The zero-order valence-corrected chi connectivity index (χ0v) is 9.58. The van der Waals surface area contributed by atoms with Gasteiger partial charge in [0.2, 0.25) is 10.0 Å². The summed E-state index contributed by atoms with van der Waals surface area (Å²) in [6, 6.07) is 0. The molecule has 0 saturated heterocycles. The lowest BCUT2D eigenvalue weighted by molar-refractivity contribution is 0.401. The maximum Gasteiger partial charge on any atom is 0.213 e. The Morgan fingerprint density at radius 3 is 2.38 bits per heavy atom. The molecule has 1 aliphatic carbocycles. The summed E-state index contributed by atoms with van der Waals surface area (Å²) in [4.78, 5) is 0. The molecule has 13 heavy (non-hydrogen) atoms. The third-order valence-corrected chi connectivity index (χ3v) is 4.35. The maximum absolute atomic E-state index is 11.4. The van der Waals surface area contributed by atoms with Crippen LogP contribution in [0.15, 0.2) is 0 Å². The third-order valence-electron chi connectivity index (χ3n) is 2.36. The van der Waals surface area contributed by atoms with Gasteiger partial charge in [0.25, 0.3) is 0 Å². The number of nitrogens with one attached hydrogen (secondary N) is 1. The van der Waals surface area contributed by atoms with Gasteiger partial charge in [-0.25, -0.2) is 13.1 Å². The van der Waals surface area contributed by atoms with Crippen LogP contribution in [0.5, 0.6) is 0 Å². The first-order chi connectivity index (χ1) is 5.87. The Labute approximate surface area is 84.9 Å². The van der Waals surface area contributed by atoms with E-state index in [2.05, 4.69) is 4.72 Å². The highest BCUT2D eigenvalue weighted by molar-refractivity contribution is 7.89. The second-order valence-electron chi connectivity index (χ2n) is 4.11. The molecule has 0 spiro atoms. The standard InChI is InChI=1S/C8H16ClNO2S/c1-8(2,7-3-4-7)10-13(11,12)6-5-9/h7,10H,3-6H2,1-2H3. The van der Waals surface area contributed by atoms with Gasteiger partial charge >= 0.3 is 0 Å². The molecule has 5 heteroatoms. The van der Waals surface area contributed by atoms with E-state index in [-0.39, 0.29) is 17.2 Å². The molecule has 0 atom stereocenters. The third kappa shape index (κ3) is 3.44. The first-order valence-corrected chi connectivity index (χ1v) is 6.64. The lowest BCUT2D eigenvalue weighted by atomic mass is 10.0. The van der Waals surface area contributed by atoms with Crippen molar-refractivity contribution in [3.8, 4) is 0 Å². The predicted octanol–water partition coefficient (Wildman–Crippen LogP) is 1.33. The molecule has 0 unspecified atom stereocenters. The average Bonchev–Trinajstić information content (AvgIpc) is 2.62. The number of rotatable bonds is 5. The smallest absolute Gasteiger partial charge is 0.212 e. The molecule has 0 bridgehead atoms. The molecule has 0 radical (unpaired) electrons. The van der Waals surface area contributed by atoms with Crippen LogP contribution in [0.4, 0.5) is 0 Å². The van der Waals surface area contributed by atoms with E-state index in [0.29, 0.717) is 5.92 Å². The van der Waals surface area contributed by atoms with E-state index < -0.39 is 10.0 Å². The Bertz CT molecular complexity index is 270. The van der Waals surface area contributed by atoms with Crippen LogP contribution in [0, 0.1) is 5.92 Å². The van der Waals surface area contributed by atoms with Crippen molar-refractivity contribution in [2.24, 2.45) is 5.92 Å². The average molecular weight is 226 g/mol. The summed E-state index contributed by atoms with van der Waals surface area (Å²) in [7, 11) is -3.18. The summed E-state index contributed by atoms with van der Waals surface area (Å²) in [5, 5.41) is 0. The summed E-state index contributed by atoms with van der Waals surface area (Å²) in [6.07, 6.45) is 2.24. The minimum Gasteiger partial charge on any atom is -0.212 e. The Morgan fingerprint density at radius 1 is 1.46 bits per heavy atom. The van der Waals surface area contributed by atoms with Crippen molar-refractivity contribution in [1.29, 1.82) is 0 Å². The molecule has 1 fully saturated rings. The van der Waals surface area contributed by atoms with Gasteiger partial charge in [-0.2, -0.15) is 0 Å². The van der Waals surface area contributed by atoms with E-state index in [9.17, 15) is 8.42 Å². The van der Waals surface area contributed by atoms with Crippen molar-refractivity contribution >= 4 is 21.6 Å². The number of alkyl halides is 1. The van der Waals surface area contributed by atoms with Crippen molar-refractivity contribution in [1.82, 2.24) is 4.72 Å². The Morgan fingerprint density at radius 2 is 2.00 bits per heavy atom. The molecular weight excluding hydrogens is 210 g/mol. The van der Waals surface area contributed by atoms with Crippen LogP contribution in [0.3, 0.4) is 0 Å². The Kier molecular flexibility index (Phi) is 3.25. The Hall–Kier alpha value is 0.200. The van der Waals surface area contributed by atoms with E-state index in [1.54, 1.807) is 0 Å². The summed E-state index contributed by atoms with van der Waals surface area (Å²) in [6.45, 7) is 3.85. The van der Waals surface area contributed by atoms with Gasteiger partial charge in [0.1, 0.15) is 0 Å². The molecule has 3 nitrogen and oxygen atoms in total. The van der Waals surface area contributed by atoms with Gasteiger partial charge in [-0.05, 0) is 32.6 Å². The van der Waals surface area contributed by atoms with Crippen LogP contribution in [0.2, 0.25) is 0 Å². The predicted molar refractivity (Wildman–Crippen MR) is 54.4 cm³/mol. The number of halogens is 1. The van der Waals surface area contributed by atoms with E-state index in [1.165, 1.54) is 0 Å². The lowest BCUT2D eigenvalue weighted by Crippen LogP contribution is -2.46. The highest BCUT2D eigenvalue weighted by Gasteiger charge is 2.39. The molecule has 0 heterocycles. The highest BCUT2D eigenvalue weighted by atomic mass is 35.5. The van der Waals surface area contributed by atoms with Crippen molar-refractivity contribution in [2.75, 3.05) is 11.6 Å². The van der Waals surface area contributed by atoms with Crippen LogP contribution in [0.1, 0.15) is 26.7 Å². The zero-order valence-electron chi connectivity index (χ0n) is 8.01. The molecule has 1 saturated carbocycles. The number of sulfonamides is 1. The highest BCUT2D eigenvalue weighted by Crippen LogP contribution is 2.39. The zero-order chi connectivity index (χ0) is 10.1. The minimum atomic E-state index is -3.18. The molecular formula is C8H16ClNO2S. The summed E-state index contributed by atoms with van der Waals surface area (Å²) in [5.74, 6) is 0.651. The van der Waals surface area contributed by atoms with Crippen LogP contribution >= 0.6 is 11.6 Å². The van der Waals surface area contributed by atoms with Crippen molar-refractivity contribution in [3.05, 3.63) is 0 Å². The maximum atomic E-state index is 11.4. The lowest BCUT2D eigenvalue weighted by Gasteiger charge is -2.25. The molecule has 1 rings (SSSR count). The van der Waals surface area contributed by atoms with Crippen LogP contribution in [-0.2, 0) is 10.0 Å². The first-order valence-electron chi connectivity index (χ1n) is 4.45. The van der Waals surface area contributed by atoms with Crippen molar-refractivity contribution in [2.45, 2.75) is 32.2 Å². The summed E-state index contributed by atoms with van der Waals surface area (Å²) < 4.78 is 25.4. The minimum absolute atomic E-state index is 0.00467. The molecule has 0 aromatic heterocycles. The monoisotopic (exact) mass is 225 g/mol. The number of hydrogen-bond donors (Lipinski definition) is 1. The SMILES string of the molecule is CC(C)(NS(=O)(=O)CCCl)C1CC1. The van der Waals surface area contributed by atoms with Gasteiger partial charge in [-0.1, -0.05) is 0 Å². The van der Waals surface area contributed by atoms with Gasteiger partial charge in [0.15, 0.2) is 0 Å². The molecule has 1 aliphatic rings. The van der Waals surface area contributed by atoms with Crippen LogP contribution < -0.4 is 4.72 Å². The topological polar surface area (TPSA) is 46.2 Å². The molecule has 0 aromatic carbocycles. The van der Waals surface area contributed by atoms with E-state index in [0.717, 1.165) is 12.8 Å². The normalized spacial score (nSPS) is 19.0. The molecule has 0 amide bonds. The van der Waals surface area contributed by atoms with Gasteiger partial charge in [-0.3, -0.25) is 0 Å². The largest absolute Gasteiger partial charge is 0.213 e. The van der Waals surface area contributed by atoms with E-state index >= 15 is 0 Å². The molecule has 1 N–H and O–H groups in total. The van der Waals surface area contributed by atoms with Gasteiger partial charge in [0, 0.05) is 11.4 Å². The van der Waals surface area contributed by atoms with Crippen LogP contribution in [-0.4, -0.2) is 25.6 Å². The second-order valence-corrected chi connectivity index (χ2v) is 6.33. The quantitative estimate of drug-likeness (QED) is 0.718. The van der Waals surface area contributed by atoms with Gasteiger partial charge in [0.05, 0.1) is 5.75 Å². The van der Waals surface area contributed by atoms with Crippen molar-refractivity contribution in [3.63, 3.8) is 0 Å². The summed E-state index contributed by atoms with van der Waals surface area (Å²) in [5.41, 5.74) is -0.301. The fraction of sp³-hybridized carbons (Fsp3) is 1.00. The first kappa shape index (κ1) is 11.3.